The highest BCUT2D eigenvalue weighted by Crippen LogP contribution is 2.41. The van der Waals surface area contributed by atoms with Gasteiger partial charge in [-0.25, -0.2) is 0 Å². The van der Waals surface area contributed by atoms with Crippen LogP contribution in [-0.2, 0) is 0 Å². The maximum absolute atomic E-state index is 9.46. The van der Waals surface area contributed by atoms with Gasteiger partial charge >= 0.3 is 0 Å². The molecule has 0 aromatic heterocycles. The van der Waals surface area contributed by atoms with Crippen LogP contribution in [-0.4, -0.2) is 16.8 Å². The molecule has 1 N–H and O–H groups in total. The highest BCUT2D eigenvalue weighted by Gasteiger charge is 2.42. The fourth-order valence-corrected chi connectivity index (χ4v) is 3.98. The predicted octanol–water partition coefficient (Wildman–Crippen LogP) is 3.35. The average Bonchev–Trinajstić information content (AvgIpc) is 3.12. The van der Waals surface area contributed by atoms with Crippen molar-refractivity contribution in [2.45, 2.75) is 53.8 Å². The first-order valence-corrected chi connectivity index (χ1v) is 7.58. The molecule has 0 spiro atoms. The lowest BCUT2D eigenvalue weighted by molar-refractivity contribution is 0.420. The fourth-order valence-electron chi connectivity index (χ4n) is 2.68. The number of rotatable bonds is 4. The Labute approximate surface area is 113 Å². The largest absolute Gasteiger partial charge is 0.297 e. The SMILES string of the molecule is N#CC1(NC2CC2)CCC(Sc2ccccc2)C1. The molecule has 1 aromatic rings. The molecule has 18 heavy (non-hydrogen) atoms. The van der Waals surface area contributed by atoms with E-state index in [1.165, 1.54) is 17.7 Å². The Kier molecular flexibility index (Phi) is 3.32. The van der Waals surface area contributed by atoms with Gasteiger partial charge in [-0.05, 0) is 44.2 Å². The molecule has 0 heterocycles. The Morgan fingerprint density at radius 3 is 2.67 bits per heavy atom. The summed E-state index contributed by atoms with van der Waals surface area (Å²) in [5.41, 5.74) is -0.242. The number of hydrogen-bond acceptors (Lipinski definition) is 3. The first kappa shape index (κ1) is 12.1. The third-order valence-electron chi connectivity index (χ3n) is 3.79. The van der Waals surface area contributed by atoms with Crippen LogP contribution in [0.5, 0.6) is 0 Å². The molecule has 0 radical (unpaired) electrons. The first-order chi connectivity index (χ1) is 8.80. The minimum absolute atomic E-state index is 0.242. The normalized spacial score (nSPS) is 31.2. The minimum atomic E-state index is -0.242. The maximum Gasteiger partial charge on any atom is 0.108 e. The number of hydrogen-bond donors (Lipinski definition) is 1. The number of nitrogens with zero attached hydrogens (tertiary/aromatic N) is 1. The molecule has 3 heteroatoms. The van der Waals surface area contributed by atoms with Crippen molar-refractivity contribution in [1.29, 1.82) is 5.26 Å². The van der Waals surface area contributed by atoms with Crippen LogP contribution in [0.25, 0.3) is 0 Å². The maximum atomic E-state index is 9.46. The second kappa shape index (κ2) is 4.95. The van der Waals surface area contributed by atoms with Crippen LogP contribution in [0.2, 0.25) is 0 Å². The van der Waals surface area contributed by atoms with Crippen molar-refractivity contribution in [3.8, 4) is 6.07 Å². The molecular weight excluding hydrogens is 240 g/mol. The lowest BCUT2D eigenvalue weighted by Gasteiger charge is -2.22. The van der Waals surface area contributed by atoms with E-state index >= 15 is 0 Å². The van der Waals surface area contributed by atoms with Crippen LogP contribution >= 0.6 is 11.8 Å². The Bertz CT molecular complexity index is 449. The molecule has 94 valence electrons. The quantitative estimate of drug-likeness (QED) is 0.899. The van der Waals surface area contributed by atoms with Gasteiger partial charge in [-0.2, -0.15) is 5.26 Å². The van der Waals surface area contributed by atoms with Crippen LogP contribution < -0.4 is 5.32 Å². The van der Waals surface area contributed by atoms with Crippen molar-refractivity contribution in [3.05, 3.63) is 30.3 Å². The summed E-state index contributed by atoms with van der Waals surface area (Å²) >= 11 is 1.93. The van der Waals surface area contributed by atoms with Gasteiger partial charge in [0.2, 0.25) is 0 Å². The van der Waals surface area contributed by atoms with Crippen molar-refractivity contribution < 1.29 is 0 Å². The van der Waals surface area contributed by atoms with Gasteiger partial charge in [0.05, 0.1) is 6.07 Å². The lowest BCUT2D eigenvalue weighted by atomic mass is 10.00. The van der Waals surface area contributed by atoms with E-state index in [1.807, 2.05) is 17.8 Å². The fraction of sp³-hybridized carbons (Fsp3) is 0.533. The summed E-state index contributed by atoms with van der Waals surface area (Å²) in [5, 5.41) is 13.6. The molecule has 0 aliphatic heterocycles. The van der Waals surface area contributed by atoms with Crippen molar-refractivity contribution in [2.24, 2.45) is 0 Å². The van der Waals surface area contributed by atoms with E-state index in [2.05, 4.69) is 35.7 Å². The van der Waals surface area contributed by atoms with Gasteiger partial charge in [0, 0.05) is 16.2 Å². The van der Waals surface area contributed by atoms with Gasteiger partial charge in [-0.1, -0.05) is 18.2 Å². The van der Waals surface area contributed by atoms with Crippen molar-refractivity contribution in [3.63, 3.8) is 0 Å². The molecular formula is C15H18N2S. The van der Waals surface area contributed by atoms with E-state index in [-0.39, 0.29) is 5.54 Å². The molecule has 2 aliphatic carbocycles. The molecule has 0 bridgehead atoms. The molecule has 2 saturated carbocycles. The number of nitriles is 1. The van der Waals surface area contributed by atoms with Crippen molar-refractivity contribution in [2.75, 3.05) is 0 Å². The summed E-state index contributed by atoms with van der Waals surface area (Å²) in [6.07, 6.45) is 5.64. The lowest BCUT2D eigenvalue weighted by Crippen LogP contribution is -2.43. The third kappa shape index (κ3) is 2.71. The van der Waals surface area contributed by atoms with E-state index in [0.717, 1.165) is 19.3 Å². The number of thioether (sulfide) groups is 1. The van der Waals surface area contributed by atoms with Gasteiger partial charge in [-0.3, -0.25) is 5.32 Å². The third-order valence-corrected chi connectivity index (χ3v) is 5.07. The molecule has 1 aromatic carbocycles. The zero-order chi connectivity index (χ0) is 12.4. The first-order valence-electron chi connectivity index (χ1n) is 6.70. The topological polar surface area (TPSA) is 35.8 Å². The summed E-state index contributed by atoms with van der Waals surface area (Å²) in [6, 6.07) is 13.7. The Hall–Kier alpha value is -0.980. The zero-order valence-electron chi connectivity index (χ0n) is 10.4. The molecule has 2 aliphatic rings. The second-order valence-electron chi connectivity index (χ2n) is 5.41. The summed E-state index contributed by atoms with van der Waals surface area (Å²) in [5.74, 6) is 0. The predicted molar refractivity (Wildman–Crippen MR) is 74.4 cm³/mol. The molecule has 2 fully saturated rings. The number of benzene rings is 1. The summed E-state index contributed by atoms with van der Waals surface area (Å²) in [7, 11) is 0. The molecule has 2 nitrogen and oxygen atoms in total. The van der Waals surface area contributed by atoms with Crippen molar-refractivity contribution in [1.82, 2.24) is 5.32 Å². The Morgan fingerprint density at radius 1 is 1.22 bits per heavy atom. The van der Waals surface area contributed by atoms with E-state index in [1.54, 1.807) is 0 Å². The average molecular weight is 258 g/mol. The Balaban J connectivity index is 1.62. The highest BCUT2D eigenvalue weighted by molar-refractivity contribution is 8.00. The smallest absolute Gasteiger partial charge is 0.108 e. The van der Waals surface area contributed by atoms with Crippen LogP contribution in [0, 0.1) is 11.3 Å². The summed E-state index contributed by atoms with van der Waals surface area (Å²) < 4.78 is 0. The summed E-state index contributed by atoms with van der Waals surface area (Å²) in [6.45, 7) is 0. The Morgan fingerprint density at radius 2 is 2.00 bits per heavy atom. The van der Waals surface area contributed by atoms with Crippen LogP contribution in [0.1, 0.15) is 32.1 Å². The van der Waals surface area contributed by atoms with E-state index < -0.39 is 0 Å². The van der Waals surface area contributed by atoms with Gasteiger partial charge in [-0.15, -0.1) is 11.8 Å². The second-order valence-corrected chi connectivity index (χ2v) is 6.78. The minimum Gasteiger partial charge on any atom is -0.297 e. The van der Waals surface area contributed by atoms with Crippen LogP contribution in [0.15, 0.2) is 35.2 Å². The van der Waals surface area contributed by atoms with Crippen molar-refractivity contribution >= 4 is 11.8 Å². The van der Waals surface area contributed by atoms with E-state index in [9.17, 15) is 5.26 Å². The van der Waals surface area contributed by atoms with Gasteiger partial charge in [0.25, 0.3) is 0 Å². The monoisotopic (exact) mass is 258 g/mol. The highest BCUT2D eigenvalue weighted by atomic mass is 32.2. The molecule has 3 rings (SSSR count). The van der Waals surface area contributed by atoms with Gasteiger partial charge < -0.3 is 0 Å². The van der Waals surface area contributed by atoms with E-state index in [0.29, 0.717) is 11.3 Å². The van der Waals surface area contributed by atoms with Gasteiger partial charge in [0.15, 0.2) is 0 Å². The molecule has 2 atom stereocenters. The molecule has 2 unspecified atom stereocenters. The zero-order valence-corrected chi connectivity index (χ0v) is 11.2. The standard InChI is InChI=1S/C15H18N2S/c16-11-15(17-12-6-7-12)9-8-14(10-15)18-13-4-2-1-3-5-13/h1-5,12,14,17H,6-10H2. The van der Waals surface area contributed by atoms with Crippen LogP contribution in [0.3, 0.4) is 0 Å². The number of nitrogens with one attached hydrogen (secondary N) is 1. The summed E-state index contributed by atoms with van der Waals surface area (Å²) in [4.78, 5) is 1.32. The molecule has 0 amide bonds. The molecule has 0 saturated heterocycles. The van der Waals surface area contributed by atoms with E-state index in [4.69, 9.17) is 0 Å². The van der Waals surface area contributed by atoms with Crippen LogP contribution in [0.4, 0.5) is 0 Å². The van der Waals surface area contributed by atoms with Gasteiger partial charge in [0.1, 0.15) is 5.54 Å².